The second kappa shape index (κ2) is 8.27. The molecule has 2 N–H and O–H groups in total. The number of hydrogen-bond donors (Lipinski definition) is 2. The monoisotopic (exact) mass is 344 g/mol. The van der Waals surface area contributed by atoms with E-state index in [9.17, 15) is 4.79 Å². The molecule has 0 aliphatic rings. The Morgan fingerprint density at radius 2 is 1.76 bits per heavy atom. The molecule has 2 aromatic rings. The number of amides is 2. The van der Waals surface area contributed by atoms with Gasteiger partial charge in [0.25, 0.3) is 0 Å². The van der Waals surface area contributed by atoms with Gasteiger partial charge in [-0.25, -0.2) is 4.79 Å². The van der Waals surface area contributed by atoms with E-state index in [2.05, 4.69) is 26.6 Å². The highest BCUT2D eigenvalue weighted by atomic mass is 79.9. The number of benzene rings is 2. The Morgan fingerprint density at radius 3 is 2.48 bits per heavy atom. The van der Waals surface area contributed by atoms with Crippen LogP contribution >= 0.6 is 15.9 Å². The number of urea groups is 1. The molecule has 0 atom stereocenters. The Bertz CT molecular complexity index is 594. The SMILES string of the molecule is O=C(N/C=C/c1ccc(Br)cc1)NCCc1ccccc1. The zero-order valence-corrected chi connectivity index (χ0v) is 13.1. The molecule has 0 fully saturated rings. The molecule has 0 radical (unpaired) electrons. The first kappa shape index (κ1) is 15.3. The van der Waals surface area contributed by atoms with Crippen molar-refractivity contribution in [2.75, 3.05) is 6.54 Å². The van der Waals surface area contributed by atoms with E-state index in [0.717, 1.165) is 16.5 Å². The van der Waals surface area contributed by atoms with Gasteiger partial charge in [-0.15, -0.1) is 0 Å². The van der Waals surface area contributed by atoms with E-state index < -0.39 is 0 Å². The van der Waals surface area contributed by atoms with Crippen LogP contribution in [0.5, 0.6) is 0 Å². The van der Waals surface area contributed by atoms with E-state index in [1.165, 1.54) is 5.56 Å². The van der Waals surface area contributed by atoms with Gasteiger partial charge >= 0.3 is 6.03 Å². The van der Waals surface area contributed by atoms with Crippen molar-refractivity contribution >= 4 is 28.0 Å². The molecule has 4 heteroatoms. The van der Waals surface area contributed by atoms with Crippen molar-refractivity contribution in [1.82, 2.24) is 10.6 Å². The summed E-state index contributed by atoms with van der Waals surface area (Å²) in [6.07, 6.45) is 4.31. The van der Waals surface area contributed by atoms with Gasteiger partial charge in [-0.3, -0.25) is 0 Å². The van der Waals surface area contributed by atoms with Crippen LogP contribution in [0.2, 0.25) is 0 Å². The summed E-state index contributed by atoms with van der Waals surface area (Å²) in [6, 6.07) is 17.7. The Kier molecular flexibility index (Phi) is 6.03. The highest BCUT2D eigenvalue weighted by Gasteiger charge is 1.97. The minimum Gasteiger partial charge on any atom is -0.338 e. The lowest BCUT2D eigenvalue weighted by Crippen LogP contribution is -2.33. The minimum absolute atomic E-state index is 0.195. The van der Waals surface area contributed by atoms with Crippen LogP contribution in [0.3, 0.4) is 0 Å². The Balaban J connectivity index is 1.69. The summed E-state index contributed by atoms with van der Waals surface area (Å²) in [6.45, 7) is 0.613. The molecular formula is C17H17BrN2O. The molecule has 21 heavy (non-hydrogen) atoms. The minimum atomic E-state index is -0.195. The first-order valence-corrected chi connectivity index (χ1v) is 7.54. The fourth-order valence-corrected chi connectivity index (χ4v) is 2.07. The molecule has 3 nitrogen and oxygen atoms in total. The third-order valence-electron chi connectivity index (χ3n) is 2.90. The molecule has 2 rings (SSSR count). The van der Waals surface area contributed by atoms with Gasteiger partial charge in [-0.1, -0.05) is 58.4 Å². The first-order chi connectivity index (χ1) is 10.2. The normalized spacial score (nSPS) is 10.5. The summed E-state index contributed by atoms with van der Waals surface area (Å²) in [5, 5.41) is 5.51. The van der Waals surface area contributed by atoms with Crippen LogP contribution in [-0.4, -0.2) is 12.6 Å². The number of carbonyl (C=O) groups is 1. The van der Waals surface area contributed by atoms with Crippen LogP contribution in [-0.2, 0) is 6.42 Å². The maximum absolute atomic E-state index is 11.6. The van der Waals surface area contributed by atoms with Crippen molar-refractivity contribution in [2.45, 2.75) is 6.42 Å². The summed E-state index contributed by atoms with van der Waals surface area (Å²) >= 11 is 3.38. The first-order valence-electron chi connectivity index (χ1n) is 6.74. The predicted molar refractivity (Wildman–Crippen MR) is 89.9 cm³/mol. The van der Waals surface area contributed by atoms with E-state index in [1.54, 1.807) is 6.20 Å². The van der Waals surface area contributed by atoms with Gasteiger partial charge in [0.1, 0.15) is 0 Å². The Morgan fingerprint density at radius 1 is 1.05 bits per heavy atom. The van der Waals surface area contributed by atoms with Crippen molar-refractivity contribution in [3.8, 4) is 0 Å². The van der Waals surface area contributed by atoms with Crippen molar-refractivity contribution in [2.24, 2.45) is 0 Å². The molecule has 0 bridgehead atoms. The third kappa shape index (κ3) is 5.83. The van der Waals surface area contributed by atoms with E-state index in [0.29, 0.717) is 6.54 Å². The lowest BCUT2D eigenvalue weighted by molar-refractivity contribution is 0.244. The van der Waals surface area contributed by atoms with Gasteiger partial charge in [0.15, 0.2) is 0 Å². The van der Waals surface area contributed by atoms with Gasteiger partial charge in [0, 0.05) is 17.2 Å². The molecule has 0 aliphatic carbocycles. The average Bonchev–Trinajstić information content (AvgIpc) is 2.50. The molecule has 2 aromatic carbocycles. The van der Waals surface area contributed by atoms with Crippen molar-refractivity contribution in [3.05, 3.63) is 76.4 Å². The quantitative estimate of drug-likeness (QED) is 0.846. The van der Waals surface area contributed by atoms with Gasteiger partial charge in [0.2, 0.25) is 0 Å². The lowest BCUT2D eigenvalue weighted by atomic mass is 10.1. The van der Waals surface area contributed by atoms with E-state index >= 15 is 0 Å². The number of hydrogen-bond acceptors (Lipinski definition) is 1. The smallest absolute Gasteiger partial charge is 0.318 e. The van der Waals surface area contributed by atoms with Crippen LogP contribution in [0.1, 0.15) is 11.1 Å². The lowest BCUT2D eigenvalue weighted by Gasteiger charge is -2.04. The van der Waals surface area contributed by atoms with E-state index in [-0.39, 0.29) is 6.03 Å². The van der Waals surface area contributed by atoms with E-state index in [4.69, 9.17) is 0 Å². The zero-order chi connectivity index (χ0) is 14.9. The van der Waals surface area contributed by atoms with E-state index in [1.807, 2.05) is 60.7 Å². The molecular weight excluding hydrogens is 328 g/mol. The molecule has 108 valence electrons. The molecule has 0 saturated heterocycles. The molecule has 0 saturated carbocycles. The van der Waals surface area contributed by atoms with Crippen LogP contribution < -0.4 is 10.6 Å². The highest BCUT2D eigenvalue weighted by molar-refractivity contribution is 9.10. The fraction of sp³-hybridized carbons (Fsp3) is 0.118. The standard InChI is InChI=1S/C17H17BrN2O/c18-16-8-6-15(7-9-16)11-13-20-17(21)19-12-10-14-4-2-1-3-5-14/h1-9,11,13H,10,12H2,(H2,19,20,21)/b13-11+. The second-order valence-corrected chi connectivity index (χ2v) is 5.44. The molecule has 0 heterocycles. The summed E-state index contributed by atoms with van der Waals surface area (Å²) in [5.74, 6) is 0. The molecule has 2 amide bonds. The summed E-state index contributed by atoms with van der Waals surface area (Å²) < 4.78 is 1.03. The summed E-state index contributed by atoms with van der Waals surface area (Å²) in [5.41, 5.74) is 2.24. The Labute approximate surface area is 133 Å². The number of nitrogens with one attached hydrogen (secondary N) is 2. The zero-order valence-electron chi connectivity index (χ0n) is 11.6. The second-order valence-electron chi connectivity index (χ2n) is 4.52. The maximum Gasteiger partial charge on any atom is 0.318 e. The highest BCUT2D eigenvalue weighted by Crippen LogP contribution is 2.11. The van der Waals surface area contributed by atoms with Crippen LogP contribution in [0, 0.1) is 0 Å². The van der Waals surface area contributed by atoms with Gasteiger partial charge in [0.05, 0.1) is 0 Å². The molecule has 0 spiro atoms. The summed E-state index contributed by atoms with van der Waals surface area (Å²) in [7, 11) is 0. The maximum atomic E-state index is 11.6. The Hall–Kier alpha value is -2.07. The van der Waals surface area contributed by atoms with Crippen LogP contribution in [0.25, 0.3) is 6.08 Å². The molecule has 0 aromatic heterocycles. The number of halogens is 1. The largest absolute Gasteiger partial charge is 0.338 e. The number of rotatable bonds is 5. The molecule has 0 unspecified atom stereocenters. The third-order valence-corrected chi connectivity index (χ3v) is 3.43. The van der Waals surface area contributed by atoms with Crippen LogP contribution in [0.4, 0.5) is 4.79 Å². The van der Waals surface area contributed by atoms with Crippen molar-refractivity contribution < 1.29 is 4.79 Å². The number of carbonyl (C=O) groups excluding carboxylic acids is 1. The van der Waals surface area contributed by atoms with Crippen molar-refractivity contribution in [1.29, 1.82) is 0 Å². The van der Waals surface area contributed by atoms with Gasteiger partial charge < -0.3 is 10.6 Å². The fourth-order valence-electron chi connectivity index (χ4n) is 1.80. The van der Waals surface area contributed by atoms with Gasteiger partial charge in [-0.05, 0) is 35.8 Å². The molecule has 0 aliphatic heterocycles. The average molecular weight is 345 g/mol. The predicted octanol–water partition coefficient (Wildman–Crippen LogP) is 3.96. The van der Waals surface area contributed by atoms with Gasteiger partial charge in [-0.2, -0.15) is 0 Å². The summed E-state index contributed by atoms with van der Waals surface area (Å²) in [4.78, 5) is 11.6. The topological polar surface area (TPSA) is 41.1 Å². The van der Waals surface area contributed by atoms with Crippen molar-refractivity contribution in [3.63, 3.8) is 0 Å². The van der Waals surface area contributed by atoms with Crippen LogP contribution in [0.15, 0.2) is 65.3 Å².